The van der Waals surface area contributed by atoms with Crippen molar-refractivity contribution in [2.24, 2.45) is 0 Å². The summed E-state index contributed by atoms with van der Waals surface area (Å²) >= 11 is 3.49. The summed E-state index contributed by atoms with van der Waals surface area (Å²) in [6.45, 7) is 8.87. The van der Waals surface area contributed by atoms with Gasteiger partial charge in [-0.1, -0.05) is 35.0 Å². The van der Waals surface area contributed by atoms with E-state index in [1.807, 2.05) is 0 Å². The lowest BCUT2D eigenvalue weighted by atomic mass is 10.1. The molecule has 0 atom stereocenters. The molecule has 0 bridgehead atoms. The van der Waals surface area contributed by atoms with Gasteiger partial charge in [0.25, 0.3) is 0 Å². The van der Waals surface area contributed by atoms with Crippen LogP contribution in [0, 0.1) is 6.92 Å². The van der Waals surface area contributed by atoms with E-state index in [4.69, 9.17) is 0 Å². The van der Waals surface area contributed by atoms with Gasteiger partial charge in [-0.15, -0.1) is 0 Å². The van der Waals surface area contributed by atoms with Gasteiger partial charge in [0.05, 0.1) is 0 Å². The first-order valence-electron chi connectivity index (χ1n) is 5.63. The van der Waals surface area contributed by atoms with Crippen molar-refractivity contribution in [1.82, 2.24) is 0 Å². The molecule has 0 heterocycles. The molecule has 0 saturated heterocycles. The second-order valence-corrected chi connectivity index (χ2v) is 4.39. The second kappa shape index (κ2) is 6.16. The largest absolute Gasteiger partial charge is 0.372 e. The molecule has 1 nitrogen and oxygen atoms in total. The zero-order chi connectivity index (χ0) is 11.3. The maximum atomic E-state index is 3.49. The maximum Gasteiger partial charge on any atom is 0.0396 e. The Labute approximate surface area is 102 Å². The Morgan fingerprint density at radius 3 is 2.47 bits per heavy atom. The lowest BCUT2D eigenvalue weighted by Gasteiger charge is -2.24. The molecular formula is C13H20BrN. The van der Waals surface area contributed by atoms with Crippen LogP contribution >= 0.6 is 15.9 Å². The molecular weight excluding hydrogens is 250 g/mol. The third kappa shape index (κ3) is 3.23. The molecule has 0 fully saturated rings. The number of rotatable bonds is 5. The van der Waals surface area contributed by atoms with Gasteiger partial charge < -0.3 is 4.90 Å². The predicted molar refractivity (Wildman–Crippen MR) is 72.0 cm³/mol. The molecule has 1 rings (SSSR count). The molecule has 2 heteroatoms. The highest BCUT2D eigenvalue weighted by Gasteiger charge is 2.06. The van der Waals surface area contributed by atoms with Crippen molar-refractivity contribution in [2.45, 2.75) is 32.5 Å². The van der Waals surface area contributed by atoms with E-state index in [-0.39, 0.29) is 0 Å². The summed E-state index contributed by atoms with van der Waals surface area (Å²) in [7, 11) is 0. The van der Waals surface area contributed by atoms with Crippen LogP contribution in [-0.4, -0.2) is 13.1 Å². The quantitative estimate of drug-likeness (QED) is 0.727. The van der Waals surface area contributed by atoms with Gasteiger partial charge in [0, 0.05) is 24.1 Å². The molecule has 0 aliphatic carbocycles. The van der Waals surface area contributed by atoms with Crippen molar-refractivity contribution in [3.8, 4) is 0 Å². The molecule has 1 aromatic rings. The minimum absolute atomic E-state index is 0.939. The minimum Gasteiger partial charge on any atom is -0.372 e. The SMILES string of the molecule is CCCN(CC)c1ccc(CBr)cc1C. The topological polar surface area (TPSA) is 3.24 Å². The van der Waals surface area contributed by atoms with Crippen LogP contribution in [0.3, 0.4) is 0 Å². The van der Waals surface area contributed by atoms with E-state index in [0.717, 1.165) is 18.4 Å². The third-order valence-electron chi connectivity index (χ3n) is 2.63. The number of aryl methyl sites for hydroxylation is 1. The lowest BCUT2D eigenvalue weighted by molar-refractivity contribution is 0.789. The average molecular weight is 270 g/mol. The summed E-state index contributed by atoms with van der Waals surface area (Å²) in [5.41, 5.74) is 4.11. The van der Waals surface area contributed by atoms with Crippen molar-refractivity contribution < 1.29 is 0 Å². The fourth-order valence-electron chi connectivity index (χ4n) is 1.87. The summed E-state index contributed by atoms with van der Waals surface area (Å²) in [6.07, 6.45) is 1.20. The Balaban J connectivity index is 2.92. The van der Waals surface area contributed by atoms with Gasteiger partial charge in [-0.25, -0.2) is 0 Å². The highest BCUT2D eigenvalue weighted by molar-refractivity contribution is 9.08. The number of alkyl halides is 1. The fraction of sp³-hybridized carbons (Fsp3) is 0.538. The predicted octanol–water partition coefficient (Wildman–Crippen LogP) is 4.13. The van der Waals surface area contributed by atoms with Crippen LogP contribution in [0.2, 0.25) is 0 Å². The summed E-state index contributed by atoms with van der Waals surface area (Å²) in [5.74, 6) is 0. The van der Waals surface area contributed by atoms with Crippen LogP contribution in [-0.2, 0) is 5.33 Å². The first kappa shape index (κ1) is 12.6. The van der Waals surface area contributed by atoms with E-state index < -0.39 is 0 Å². The summed E-state index contributed by atoms with van der Waals surface area (Å²) < 4.78 is 0. The smallest absolute Gasteiger partial charge is 0.0396 e. The molecule has 0 spiro atoms. The van der Waals surface area contributed by atoms with E-state index in [9.17, 15) is 0 Å². The monoisotopic (exact) mass is 269 g/mol. The van der Waals surface area contributed by atoms with Crippen molar-refractivity contribution in [1.29, 1.82) is 0 Å². The molecule has 84 valence electrons. The standard InChI is InChI=1S/C13H20BrN/c1-4-8-15(5-2)13-7-6-12(10-14)9-11(13)3/h6-7,9H,4-5,8,10H2,1-3H3. The lowest BCUT2D eigenvalue weighted by Crippen LogP contribution is -2.24. The first-order chi connectivity index (χ1) is 7.22. The van der Waals surface area contributed by atoms with E-state index in [0.29, 0.717) is 0 Å². The molecule has 0 N–H and O–H groups in total. The van der Waals surface area contributed by atoms with Crippen LogP contribution in [0.15, 0.2) is 18.2 Å². The van der Waals surface area contributed by atoms with Crippen LogP contribution in [0.1, 0.15) is 31.4 Å². The Bertz CT molecular complexity index is 309. The summed E-state index contributed by atoms with van der Waals surface area (Å²) in [5, 5.41) is 0.939. The number of halogens is 1. The molecule has 15 heavy (non-hydrogen) atoms. The van der Waals surface area contributed by atoms with Crippen molar-refractivity contribution in [2.75, 3.05) is 18.0 Å². The van der Waals surface area contributed by atoms with E-state index in [1.165, 1.54) is 23.2 Å². The second-order valence-electron chi connectivity index (χ2n) is 3.83. The fourth-order valence-corrected chi connectivity index (χ4v) is 2.22. The zero-order valence-electron chi connectivity index (χ0n) is 9.89. The summed E-state index contributed by atoms with van der Waals surface area (Å²) in [4.78, 5) is 2.44. The van der Waals surface area contributed by atoms with Crippen LogP contribution in [0.5, 0.6) is 0 Å². The van der Waals surface area contributed by atoms with Crippen LogP contribution in [0.4, 0.5) is 5.69 Å². The highest BCUT2D eigenvalue weighted by atomic mass is 79.9. The number of benzene rings is 1. The Kier molecular flexibility index (Phi) is 5.16. The number of hydrogen-bond donors (Lipinski definition) is 0. The average Bonchev–Trinajstić information content (AvgIpc) is 2.26. The van der Waals surface area contributed by atoms with Crippen molar-refractivity contribution in [3.63, 3.8) is 0 Å². The normalized spacial score (nSPS) is 10.4. The molecule has 0 saturated carbocycles. The van der Waals surface area contributed by atoms with Gasteiger partial charge >= 0.3 is 0 Å². The Morgan fingerprint density at radius 2 is 2.00 bits per heavy atom. The minimum atomic E-state index is 0.939. The number of nitrogens with zero attached hydrogens (tertiary/aromatic N) is 1. The molecule has 0 unspecified atom stereocenters. The van der Waals surface area contributed by atoms with E-state index in [2.05, 4.69) is 59.8 Å². The number of anilines is 1. The van der Waals surface area contributed by atoms with E-state index in [1.54, 1.807) is 0 Å². The van der Waals surface area contributed by atoms with Crippen molar-refractivity contribution in [3.05, 3.63) is 29.3 Å². The van der Waals surface area contributed by atoms with Crippen molar-refractivity contribution >= 4 is 21.6 Å². The van der Waals surface area contributed by atoms with Crippen LogP contribution in [0.25, 0.3) is 0 Å². The van der Waals surface area contributed by atoms with Gasteiger partial charge in [-0.3, -0.25) is 0 Å². The number of hydrogen-bond acceptors (Lipinski definition) is 1. The van der Waals surface area contributed by atoms with Gasteiger partial charge in [0.15, 0.2) is 0 Å². The molecule has 0 radical (unpaired) electrons. The molecule has 0 amide bonds. The Hall–Kier alpha value is -0.500. The molecule has 0 aliphatic rings. The summed E-state index contributed by atoms with van der Waals surface area (Å²) in [6, 6.07) is 6.71. The third-order valence-corrected chi connectivity index (χ3v) is 3.28. The van der Waals surface area contributed by atoms with E-state index >= 15 is 0 Å². The first-order valence-corrected chi connectivity index (χ1v) is 6.75. The zero-order valence-corrected chi connectivity index (χ0v) is 11.5. The molecule has 0 aromatic heterocycles. The van der Waals surface area contributed by atoms with Gasteiger partial charge in [0.1, 0.15) is 0 Å². The van der Waals surface area contributed by atoms with Gasteiger partial charge in [-0.05, 0) is 37.5 Å². The Morgan fingerprint density at radius 1 is 1.27 bits per heavy atom. The van der Waals surface area contributed by atoms with Gasteiger partial charge in [0.2, 0.25) is 0 Å². The maximum absolute atomic E-state index is 3.49. The van der Waals surface area contributed by atoms with Gasteiger partial charge in [-0.2, -0.15) is 0 Å². The molecule has 0 aliphatic heterocycles. The highest BCUT2D eigenvalue weighted by Crippen LogP contribution is 2.22. The van der Waals surface area contributed by atoms with Crippen LogP contribution < -0.4 is 4.90 Å². The molecule has 1 aromatic carbocycles.